The van der Waals surface area contributed by atoms with Crippen molar-refractivity contribution in [3.63, 3.8) is 0 Å². The lowest BCUT2D eigenvalue weighted by Crippen LogP contribution is -2.35. The second kappa shape index (κ2) is 11.3. The van der Waals surface area contributed by atoms with Crippen molar-refractivity contribution in [3.05, 3.63) is 87.5 Å². The summed E-state index contributed by atoms with van der Waals surface area (Å²) in [6.45, 7) is 9.07. The summed E-state index contributed by atoms with van der Waals surface area (Å²) in [6, 6.07) is 17.7. The minimum Gasteiger partial charge on any atom is -0.465 e. The molecule has 36 heavy (non-hydrogen) atoms. The van der Waals surface area contributed by atoms with Gasteiger partial charge in [-0.05, 0) is 52.8 Å². The number of H-pyrrole nitrogens is 1. The zero-order chi connectivity index (χ0) is 25.7. The van der Waals surface area contributed by atoms with Crippen LogP contribution in [0.3, 0.4) is 0 Å². The van der Waals surface area contributed by atoms with Gasteiger partial charge >= 0.3 is 5.97 Å². The lowest BCUT2D eigenvalue weighted by atomic mass is 9.99. The minimum absolute atomic E-state index is 0.0750. The second-order valence-corrected chi connectivity index (χ2v) is 9.24. The monoisotopic (exact) mass is 488 g/mol. The molecule has 0 radical (unpaired) electrons. The van der Waals surface area contributed by atoms with Crippen LogP contribution in [0.15, 0.2) is 59.4 Å². The Labute approximate surface area is 210 Å². The van der Waals surface area contributed by atoms with Gasteiger partial charge in [-0.15, -0.1) is 5.10 Å². The fourth-order valence-corrected chi connectivity index (χ4v) is 4.58. The molecule has 0 aliphatic rings. The Hall–Kier alpha value is -3.85. The van der Waals surface area contributed by atoms with Crippen LogP contribution in [0.25, 0.3) is 10.9 Å². The highest BCUT2D eigenvalue weighted by Gasteiger charge is 2.30. The molecule has 188 valence electrons. The average molecular weight is 489 g/mol. The molecule has 4 aromatic rings. The summed E-state index contributed by atoms with van der Waals surface area (Å²) in [4.78, 5) is 30.6. The molecule has 0 saturated heterocycles. The summed E-state index contributed by atoms with van der Waals surface area (Å²) in [6.07, 6.45) is 0. The van der Waals surface area contributed by atoms with Gasteiger partial charge in [-0.3, -0.25) is 14.5 Å². The van der Waals surface area contributed by atoms with Crippen molar-refractivity contribution >= 4 is 16.9 Å². The van der Waals surface area contributed by atoms with E-state index in [0.717, 1.165) is 22.0 Å². The van der Waals surface area contributed by atoms with E-state index in [9.17, 15) is 9.59 Å². The maximum absolute atomic E-state index is 13.1. The van der Waals surface area contributed by atoms with Crippen LogP contribution in [-0.2, 0) is 29.2 Å². The van der Waals surface area contributed by atoms with Crippen LogP contribution in [0, 0.1) is 12.8 Å². The first-order chi connectivity index (χ1) is 17.4. The summed E-state index contributed by atoms with van der Waals surface area (Å²) in [5.41, 5.74) is 3.50. The van der Waals surface area contributed by atoms with Crippen LogP contribution in [-0.4, -0.2) is 42.7 Å². The van der Waals surface area contributed by atoms with Crippen LogP contribution in [0.1, 0.15) is 49.3 Å². The third kappa shape index (κ3) is 5.68. The number of nitrogens with zero attached hydrogens (tertiary/aromatic N) is 5. The fourth-order valence-electron chi connectivity index (χ4n) is 4.58. The van der Waals surface area contributed by atoms with Crippen LogP contribution < -0.4 is 5.56 Å². The molecule has 0 fully saturated rings. The van der Waals surface area contributed by atoms with Gasteiger partial charge in [0.2, 0.25) is 0 Å². The molecule has 0 amide bonds. The molecule has 2 aromatic carbocycles. The number of hydrogen-bond acceptors (Lipinski definition) is 7. The maximum Gasteiger partial charge on any atom is 0.327 e. The quantitative estimate of drug-likeness (QED) is 0.339. The Balaban J connectivity index is 1.75. The number of hydrogen-bond donors (Lipinski definition) is 1. The minimum atomic E-state index is -0.399. The molecule has 9 heteroatoms. The van der Waals surface area contributed by atoms with Crippen molar-refractivity contribution < 1.29 is 9.53 Å². The molecule has 0 aliphatic heterocycles. The average Bonchev–Trinajstić information content (AvgIpc) is 3.28. The van der Waals surface area contributed by atoms with Crippen molar-refractivity contribution in [1.82, 2.24) is 30.1 Å². The molecule has 0 spiro atoms. The highest BCUT2D eigenvalue weighted by Crippen LogP contribution is 2.30. The molecule has 0 aliphatic carbocycles. The summed E-state index contributed by atoms with van der Waals surface area (Å²) in [5.74, 6) is 0.244. The van der Waals surface area contributed by atoms with E-state index in [1.165, 1.54) is 4.68 Å². The number of para-hydroxylation sites is 1. The van der Waals surface area contributed by atoms with Crippen LogP contribution in [0.5, 0.6) is 0 Å². The number of tetrazole rings is 1. The molecule has 2 aromatic heterocycles. The third-order valence-corrected chi connectivity index (χ3v) is 6.20. The van der Waals surface area contributed by atoms with Crippen molar-refractivity contribution in [2.24, 2.45) is 5.92 Å². The van der Waals surface area contributed by atoms with Crippen molar-refractivity contribution in [2.75, 3.05) is 6.61 Å². The number of fused-ring (bicyclic) bond motifs is 1. The molecule has 0 saturated carbocycles. The van der Waals surface area contributed by atoms with E-state index in [2.05, 4.69) is 51.4 Å². The second-order valence-electron chi connectivity index (χ2n) is 9.24. The predicted molar refractivity (Wildman–Crippen MR) is 137 cm³/mol. The zero-order valence-corrected chi connectivity index (χ0v) is 21.1. The van der Waals surface area contributed by atoms with Crippen LogP contribution in [0.4, 0.5) is 0 Å². The molecular weight excluding hydrogens is 456 g/mol. The fraction of sp³-hybridized carbons (Fsp3) is 0.370. The Morgan fingerprint density at radius 2 is 1.89 bits per heavy atom. The highest BCUT2D eigenvalue weighted by atomic mass is 16.5. The van der Waals surface area contributed by atoms with Crippen molar-refractivity contribution in [3.8, 4) is 0 Å². The number of rotatable bonds is 10. The molecule has 4 rings (SSSR count). The molecule has 2 heterocycles. The first kappa shape index (κ1) is 25.2. The lowest BCUT2D eigenvalue weighted by Gasteiger charge is -2.33. The molecule has 1 atom stereocenters. The van der Waals surface area contributed by atoms with Gasteiger partial charge in [-0.2, -0.15) is 0 Å². The number of pyridine rings is 1. The van der Waals surface area contributed by atoms with E-state index in [-0.39, 0.29) is 30.7 Å². The Morgan fingerprint density at radius 3 is 2.61 bits per heavy atom. The normalized spacial score (nSPS) is 12.4. The summed E-state index contributed by atoms with van der Waals surface area (Å²) in [7, 11) is 0. The van der Waals surface area contributed by atoms with E-state index in [1.54, 1.807) is 6.92 Å². The number of carbonyl (C=O) groups is 1. The van der Waals surface area contributed by atoms with Gasteiger partial charge in [0.05, 0.1) is 18.2 Å². The first-order valence-corrected chi connectivity index (χ1v) is 12.2. The van der Waals surface area contributed by atoms with Gasteiger partial charge in [-0.25, -0.2) is 4.68 Å². The Morgan fingerprint density at radius 1 is 1.11 bits per heavy atom. The van der Waals surface area contributed by atoms with Gasteiger partial charge in [-0.1, -0.05) is 62.4 Å². The molecule has 0 unspecified atom stereocenters. The third-order valence-electron chi connectivity index (χ3n) is 6.20. The van der Waals surface area contributed by atoms with E-state index >= 15 is 0 Å². The SMILES string of the molecule is CCOC(=O)Cn1nnnc1[C@@H](C(C)C)N(Cc1ccccc1)Cc1cc2cccc(C)c2[nH]c1=O. The van der Waals surface area contributed by atoms with Crippen LogP contribution >= 0.6 is 0 Å². The number of aromatic amines is 1. The zero-order valence-electron chi connectivity index (χ0n) is 21.1. The summed E-state index contributed by atoms with van der Waals surface area (Å²) >= 11 is 0. The smallest absolute Gasteiger partial charge is 0.327 e. The van der Waals surface area contributed by atoms with Gasteiger partial charge in [0.15, 0.2) is 5.82 Å². The number of ether oxygens (including phenoxy) is 1. The number of aromatic nitrogens is 5. The Bertz CT molecular complexity index is 1380. The summed E-state index contributed by atoms with van der Waals surface area (Å²) in [5, 5.41) is 13.2. The van der Waals surface area contributed by atoms with Crippen molar-refractivity contribution in [2.45, 2.75) is 53.4 Å². The predicted octanol–water partition coefficient (Wildman–Crippen LogP) is 3.79. The molecule has 0 bridgehead atoms. The largest absolute Gasteiger partial charge is 0.465 e. The van der Waals surface area contributed by atoms with E-state index in [4.69, 9.17) is 4.74 Å². The summed E-state index contributed by atoms with van der Waals surface area (Å²) < 4.78 is 6.61. The number of carbonyl (C=O) groups excluding carboxylic acids is 1. The van der Waals surface area contributed by atoms with Gasteiger partial charge in [0.25, 0.3) is 5.56 Å². The maximum atomic E-state index is 13.1. The number of esters is 1. The van der Waals surface area contributed by atoms with Gasteiger partial charge in [0.1, 0.15) is 6.54 Å². The molecular formula is C27H32N6O3. The first-order valence-electron chi connectivity index (χ1n) is 12.2. The number of benzene rings is 2. The number of aryl methyl sites for hydroxylation is 1. The number of nitrogens with one attached hydrogen (secondary N) is 1. The topological polar surface area (TPSA) is 106 Å². The van der Waals surface area contributed by atoms with Crippen LogP contribution in [0.2, 0.25) is 0 Å². The standard InChI is InChI=1S/C27H32N6O3/c1-5-36-23(34)17-33-26(29-30-31-33)25(18(2)3)32(15-20-11-7-6-8-12-20)16-22-14-21-13-9-10-19(4)24(21)28-27(22)35/h6-14,18,25H,5,15-17H2,1-4H3,(H,28,35)/t25-/m1/s1. The van der Waals surface area contributed by atoms with Gasteiger partial charge in [0, 0.05) is 18.7 Å². The van der Waals surface area contributed by atoms with E-state index < -0.39 is 5.97 Å². The highest BCUT2D eigenvalue weighted by molar-refractivity contribution is 5.81. The molecule has 1 N–H and O–H groups in total. The van der Waals surface area contributed by atoms with E-state index in [0.29, 0.717) is 24.5 Å². The Kier molecular flexibility index (Phi) is 7.90. The van der Waals surface area contributed by atoms with Crippen molar-refractivity contribution in [1.29, 1.82) is 0 Å². The van der Waals surface area contributed by atoms with Gasteiger partial charge < -0.3 is 9.72 Å². The molecule has 9 nitrogen and oxygen atoms in total. The van der Waals surface area contributed by atoms with E-state index in [1.807, 2.05) is 49.4 Å². The lowest BCUT2D eigenvalue weighted by molar-refractivity contribution is -0.144.